The minimum atomic E-state index is -0.615. The summed E-state index contributed by atoms with van der Waals surface area (Å²) in [6.45, 7) is 2.47. The number of esters is 1. The maximum absolute atomic E-state index is 11.2. The van der Waals surface area contributed by atoms with Gasteiger partial charge in [0.1, 0.15) is 6.04 Å². The van der Waals surface area contributed by atoms with E-state index in [1.807, 2.05) is 43.1 Å². The first-order valence-corrected chi connectivity index (χ1v) is 5.16. The van der Waals surface area contributed by atoms with E-state index < -0.39 is 6.04 Å². The summed E-state index contributed by atoms with van der Waals surface area (Å²) in [6, 6.07) is 7.43. The molecule has 0 heterocycles. The normalized spacial score (nSPS) is 12.0. The zero-order valence-corrected chi connectivity index (χ0v) is 9.93. The monoisotopic (exact) mass is 222 g/mol. The highest BCUT2D eigenvalue weighted by Crippen LogP contribution is 2.13. The molecule has 0 saturated heterocycles. The summed E-state index contributed by atoms with van der Waals surface area (Å²) < 4.78 is 4.58. The molecule has 0 aliphatic rings. The van der Waals surface area contributed by atoms with Gasteiger partial charge in [-0.2, -0.15) is 0 Å². The third-order valence-electron chi connectivity index (χ3n) is 2.45. The Kier molecular flexibility index (Phi) is 4.31. The predicted octanol–water partition coefficient (Wildman–Crippen LogP) is 0.932. The van der Waals surface area contributed by atoms with Gasteiger partial charge in [0.2, 0.25) is 0 Å². The van der Waals surface area contributed by atoms with E-state index >= 15 is 0 Å². The Balaban J connectivity index is 2.61. The first-order valence-electron chi connectivity index (χ1n) is 5.16. The summed E-state index contributed by atoms with van der Waals surface area (Å²) >= 11 is 0. The van der Waals surface area contributed by atoms with Crippen LogP contribution in [0.25, 0.3) is 0 Å². The molecule has 0 radical (unpaired) electrons. The molecule has 0 saturated carbocycles. The van der Waals surface area contributed by atoms with Gasteiger partial charge < -0.3 is 15.4 Å². The van der Waals surface area contributed by atoms with Crippen molar-refractivity contribution in [3.05, 3.63) is 29.8 Å². The number of aryl methyl sites for hydroxylation is 1. The van der Waals surface area contributed by atoms with E-state index in [1.54, 1.807) is 0 Å². The molecular weight excluding hydrogens is 204 g/mol. The number of rotatable bonds is 4. The highest BCUT2D eigenvalue weighted by Gasteiger charge is 2.15. The van der Waals surface area contributed by atoms with E-state index in [0.717, 1.165) is 5.69 Å². The number of nitrogens with zero attached hydrogens (tertiary/aromatic N) is 1. The lowest BCUT2D eigenvalue weighted by atomic mass is 10.2. The van der Waals surface area contributed by atoms with Crippen molar-refractivity contribution in [1.82, 2.24) is 0 Å². The molecule has 0 bridgehead atoms. The number of methoxy groups -OCH3 is 1. The lowest BCUT2D eigenvalue weighted by Gasteiger charge is -2.22. The zero-order chi connectivity index (χ0) is 12.1. The lowest BCUT2D eigenvalue weighted by molar-refractivity contribution is -0.141. The molecule has 0 aliphatic heterocycles. The number of nitrogens with two attached hydrogens (primary N) is 1. The standard InChI is InChI=1S/C12H18N2O2/c1-9-4-6-10(7-5-9)14(2)8-11(13)12(15)16-3/h4-7,11H,8,13H2,1-3H3. The van der Waals surface area contributed by atoms with Crippen molar-refractivity contribution in [3.63, 3.8) is 0 Å². The van der Waals surface area contributed by atoms with Crippen LogP contribution in [0.5, 0.6) is 0 Å². The van der Waals surface area contributed by atoms with Crippen molar-refractivity contribution in [2.75, 3.05) is 25.6 Å². The second-order valence-electron chi connectivity index (χ2n) is 3.85. The van der Waals surface area contributed by atoms with Gasteiger partial charge in [-0.25, -0.2) is 0 Å². The minimum Gasteiger partial charge on any atom is -0.468 e. The number of ether oxygens (including phenoxy) is 1. The van der Waals surface area contributed by atoms with Crippen LogP contribution in [0.4, 0.5) is 5.69 Å². The van der Waals surface area contributed by atoms with E-state index in [0.29, 0.717) is 6.54 Å². The van der Waals surface area contributed by atoms with Gasteiger partial charge in [-0.05, 0) is 19.1 Å². The average molecular weight is 222 g/mol. The second kappa shape index (κ2) is 5.51. The van der Waals surface area contributed by atoms with Gasteiger partial charge in [-0.3, -0.25) is 4.79 Å². The van der Waals surface area contributed by atoms with Gasteiger partial charge in [0, 0.05) is 19.3 Å². The maximum Gasteiger partial charge on any atom is 0.324 e. The lowest BCUT2D eigenvalue weighted by Crippen LogP contribution is -2.42. The Bertz CT molecular complexity index is 349. The molecule has 1 rings (SSSR count). The molecule has 0 aliphatic carbocycles. The van der Waals surface area contributed by atoms with Gasteiger partial charge in [0.15, 0.2) is 0 Å². The highest BCUT2D eigenvalue weighted by molar-refractivity contribution is 5.76. The van der Waals surface area contributed by atoms with E-state index in [1.165, 1.54) is 12.7 Å². The second-order valence-corrected chi connectivity index (χ2v) is 3.85. The molecule has 0 aromatic heterocycles. The van der Waals surface area contributed by atoms with Crippen molar-refractivity contribution in [1.29, 1.82) is 0 Å². The summed E-state index contributed by atoms with van der Waals surface area (Å²) in [5.41, 5.74) is 7.92. The molecule has 16 heavy (non-hydrogen) atoms. The fourth-order valence-corrected chi connectivity index (χ4v) is 1.43. The van der Waals surface area contributed by atoms with Crippen LogP contribution in [0, 0.1) is 6.92 Å². The van der Waals surface area contributed by atoms with Gasteiger partial charge in [0.25, 0.3) is 0 Å². The van der Waals surface area contributed by atoms with Gasteiger partial charge >= 0.3 is 5.97 Å². The molecule has 2 N–H and O–H groups in total. The molecule has 1 atom stereocenters. The van der Waals surface area contributed by atoms with Crippen LogP contribution in [0.1, 0.15) is 5.56 Å². The van der Waals surface area contributed by atoms with E-state index in [2.05, 4.69) is 4.74 Å². The predicted molar refractivity (Wildman–Crippen MR) is 64.4 cm³/mol. The topological polar surface area (TPSA) is 55.6 Å². The molecule has 0 amide bonds. The Hall–Kier alpha value is -1.55. The Morgan fingerprint density at radius 3 is 2.50 bits per heavy atom. The van der Waals surface area contributed by atoms with Crippen LogP contribution in [-0.2, 0) is 9.53 Å². The number of hydrogen-bond acceptors (Lipinski definition) is 4. The van der Waals surface area contributed by atoms with Crippen molar-refractivity contribution in [2.24, 2.45) is 5.73 Å². The first kappa shape index (κ1) is 12.5. The van der Waals surface area contributed by atoms with E-state index in [4.69, 9.17) is 5.73 Å². The van der Waals surface area contributed by atoms with Gasteiger partial charge in [0.05, 0.1) is 7.11 Å². The quantitative estimate of drug-likeness (QED) is 0.770. The molecule has 88 valence electrons. The van der Waals surface area contributed by atoms with Crippen LogP contribution in [0.3, 0.4) is 0 Å². The summed E-state index contributed by atoms with van der Waals surface area (Å²) in [5.74, 6) is -0.390. The summed E-state index contributed by atoms with van der Waals surface area (Å²) in [7, 11) is 3.24. The van der Waals surface area contributed by atoms with E-state index in [-0.39, 0.29) is 5.97 Å². The molecular formula is C12H18N2O2. The Morgan fingerprint density at radius 1 is 1.44 bits per heavy atom. The zero-order valence-electron chi connectivity index (χ0n) is 9.93. The number of benzene rings is 1. The third-order valence-corrected chi connectivity index (χ3v) is 2.45. The number of carbonyl (C=O) groups is 1. The minimum absolute atomic E-state index is 0.390. The Morgan fingerprint density at radius 2 is 2.00 bits per heavy atom. The van der Waals surface area contributed by atoms with E-state index in [9.17, 15) is 4.79 Å². The highest BCUT2D eigenvalue weighted by atomic mass is 16.5. The Labute approximate surface area is 96.0 Å². The van der Waals surface area contributed by atoms with Gasteiger partial charge in [-0.15, -0.1) is 0 Å². The first-order chi connectivity index (χ1) is 7.54. The molecule has 4 nitrogen and oxygen atoms in total. The fraction of sp³-hybridized carbons (Fsp3) is 0.417. The third kappa shape index (κ3) is 3.24. The molecule has 0 spiro atoms. The smallest absolute Gasteiger partial charge is 0.324 e. The van der Waals surface area contributed by atoms with Crippen molar-refractivity contribution >= 4 is 11.7 Å². The SMILES string of the molecule is COC(=O)C(N)CN(C)c1ccc(C)cc1. The average Bonchev–Trinajstić information content (AvgIpc) is 2.28. The van der Waals surface area contributed by atoms with Crippen LogP contribution in [0.2, 0.25) is 0 Å². The van der Waals surface area contributed by atoms with Crippen LogP contribution in [0.15, 0.2) is 24.3 Å². The van der Waals surface area contributed by atoms with Crippen molar-refractivity contribution < 1.29 is 9.53 Å². The number of anilines is 1. The number of carbonyl (C=O) groups excluding carboxylic acids is 1. The van der Waals surface area contributed by atoms with Gasteiger partial charge in [-0.1, -0.05) is 17.7 Å². The molecule has 0 fully saturated rings. The maximum atomic E-state index is 11.2. The number of hydrogen-bond donors (Lipinski definition) is 1. The molecule has 4 heteroatoms. The van der Waals surface area contributed by atoms with Crippen LogP contribution < -0.4 is 10.6 Å². The van der Waals surface area contributed by atoms with Crippen LogP contribution >= 0.6 is 0 Å². The fourth-order valence-electron chi connectivity index (χ4n) is 1.43. The van der Waals surface area contributed by atoms with Crippen molar-refractivity contribution in [2.45, 2.75) is 13.0 Å². The number of likely N-dealkylation sites (N-methyl/N-ethyl adjacent to an activating group) is 1. The molecule has 1 aromatic rings. The summed E-state index contributed by atoms with van der Waals surface area (Å²) in [6.07, 6.45) is 0. The molecule has 1 unspecified atom stereocenters. The largest absolute Gasteiger partial charge is 0.468 e. The summed E-state index contributed by atoms with van der Waals surface area (Å²) in [4.78, 5) is 13.1. The molecule has 1 aromatic carbocycles. The van der Waals surface area contributed by atoms with Crippen LogP contribution in [-0.4, -0.2) is 32.7 Å². The summed E-state index contributed by atoms with van der Waals surface area (Å²) in [5, 5.41) is 0. The van der Waals surface area contributed by atoms with Crippen molar-refractivity contribution in [3.8, 4) is 0 Å².